The van der Waals surface area contributed by atoms with Gasteiger partial charge in [0, 0.05) is 12.0 Å². The van der Waals surface area contributed by atoms with Crippen LogP contribution in [0.5, 0.6) is 0 Å². The first-order valence-electron chi connectivity index (χ1n) is 4.36. The van der Waals surface area contributed by atoms with Crippen LogP contribution in [0.2, 0.25) is 0 Å². The van der Waals surface area contributed by atoms with Crippen molar-refractivity contribution in [1.29, 1.82) is 0 Å². The molecule has 1 rings (SSSR count). The van der Waals surface area contributed by atoms with Gasteiger partial charge in [-0.25, -0.2) is 8.42 Å². The fraction of sp³-hybridized carbons (Fsp3) is 0.625. The molecule has 14 heavy (non-hydrogen) atoms. The average Bonchev–Trinajstić information content (AvgIpc) is 2.18. The second kappa shape index (κ2) is 4.10. The first kappa shape index (κ1) is 11.2. The molecule has 5 nitrogen and oxygen atoms in total. The molecule has 80 valence electrons. The SMILES string of the molecule is C=CS(=O)(=O)N1CCCCC1C(=O)O. The maximum Gasteiger partial charge on any atom is 0.322 e. The molecule has 1 N–H and O–H groups in total. The lowest BCUT2D eigenvalue weighted by molar-refractivity contribution is -0.142. The Bertz CT molecular complexity index is 335. The number of carboxylic acid groups (broad SMARTS) is 1. The van der Waals surface area contributed by atoms with Gasteiger partial charge in [0.2, 0.25) is 10.0 Å². The van der Waals surface area contributed by atoms with Crippen LogP contribution in [0.15, 0.2) is 12.0 Å². The van der Waals surface area contributed by atoms with E-state index in [4.69, 9.17) is 5.11 Å². The third-order valence-electron chi connectivity index (χ3n) is 2.28. The van der Waals surface area contributed by atoms with E-state index in [2.05, 4.69) is 6.58 Å². The molecule has 1 unspecified atom stereocenters. The lowest BCUT2D eigenvalue weighted by Crippen LogP contribution is -2.47. The Morgan fingerprint density at radius 2 is 2.14 bits per heavy atom. The zero-order valence-electron chi connectivity index (χ0n) is 7.72. The highest BCUT2D eigenvalue weighted by Gasteiger charge is 2.34. The summed E-state index contributed by atoms with van der Waals surface area (Å²) in [7, 11) is -3.60. The average molecular weight is 219 g/mol. The zero-order valence-corrected chi connectivity index (χ0v) is 8.53. The molecule has 0 aromatic rings. The lowest BCUT2D eigenvalue weighted by atomic mass is 10.1. The van der Waals surface area contributed by atoms with Gasteiger partial charge in [-0.2, -0.15) is 4.31 Å². The van der Waals surface area contributed by atoms with Crippen molar-refractivity contribution in [3.63, 3.8) is 0 Å². The van der Waals surface area contributed by atoms with Gasteiger partial charge in [-0.05, 0) is 19.3 Å². The number of rotatable bonds is 3. The molecule has 1 aliphatic heterocycles. The van der Waals surface area contributed by atoms with Crippen LogP contribution in [-0.4, -0.2) is 36.4 Å². The second-order valence-electron chi connectivity index (χ2n) is 3.17. The number of piperidine rings is 1. The predicted molar refractivity (Wildman–Crippen MR) is 51.1 cm³/mol. The van der Waals surface area contributed by atoms with Gasteiger partial charge < -0.3 is 5.11 Å². The summed E-state index contributed by atoms with van der Waals surface area (Å²) >= 11 is 0. The van der Waals surface area contributed by atoms with E-state index < -0.39 is 22.0 Å². The Morgan fingerprint density at radius 1 is 1.50 bits per heavy atom. The van der Waals surface area contributed by atoms with Crippen LogP contribution in [0.1, 0.15) is 19.3 Å². The topological polar surface area (TPSA) is 74.7 Å². The van der Waals surface area contributed by atoms with Crippen LogP contribution in [-0.2, 0) is 14.8 Å². The normalized spacial score (nSPS) is 24.4. The minimum absolute atomic E-state index is 0.269. The van der Waals surface area contributed by atoms with Crippen molar-refractivity contribution in [3.05, 3.63) is 12.0 Å². The van der Waals surface area contributed by atoms with E-state index in [0.717, 1.165) is 16.1 Å². The van der Waals surface area contributed by atoms with Crippen molar-refractivity contribution < 1.29 is 18.3 Å². The van der Waals surface area contributed by atoms with Crippen LogP contribution in [0.3, 0.4) is 0 Å². The zero-order chi connectivity index (χ0) is 10.8. The molecular formula is C8H13NO4S. The third-order valence-corrected chi connectivity index (χ3v) is 3.79. The molecule has 0 aromatic carbocycles. The number of hydrogen-bond donors (Lipinski definition) is 1. The number of hydrogen-bond acceptors (Lipinski definition) is 3. The number of carboxylic acids is 1. The molecule has 1 heterocycles. The second-order valence-corrected chi connectivity index (χ2v) is 5.00. The van der Waals surface area contributed by atoms with E-state index in [1.807, 2.05) is 0 Å². The largest absolute Gasteiger partial charge is 0.480 e. The van der Waals surface area contributed by atoms with Crippen LogP contribution in [0.25, 0.3) is 0 Å². The van der Waals surface area contributed by atoms with Crippen LogP contribution in [0.4, 0.5) is 0 Å². The van der Waals surface area contributed by atoms with Crippen molar-refractivity contribution in [2.45, 2.75) is 25.3 Å². The Kier molecular flexibility index (Phi) is 3.28. The molecule has 0 bridgehead atoms. The van der Waals surface area contributed by atoms with Crippen LogP contribution >= 0.6 is 0 Å². The van der Waals surface area contributed by atoms with Gasteiger partial charge in [-0.1, -0.05) is 6.58 Å². The van der Waals surface area contributed by atoms with E-state index in [-0.39, 0.29) is 6.54 Å². The molecule has 1 aliphatic rings. The van der Waals surface area contributed by atoms with Gasteiger partial charge in [0.25, 0.3) is 0 Å². The Morgan fingerprint density at radius 3 is 2.64 bits per heavy atom. The van der Waals surface area contributed by atoms with Crippen molar-refractivity contribution in [2.24, 2.45) is 0 Å². The molecule has 0 amide bonds. The quantitative estimate of drug-likeness (QED) is 0.745. The highest BCUT2D eigenvalue weighted by atomic mass is 32.2. The van der Waals surface area contributed by atoms with Crippen molar-refractivity contribution in [1.82, 2.24) is 4.31 Å². The summed E-state index contributed by atoms with van der Waals surface area (Å²) in [6.45, 7) is 3.45. The molecule has 1 saturated heterocycles. The fourth-order valence-electron chi connectivity index (χ4n) is 1.55. The first-order valence-corrected chi connectivity index (χ1v) is 5.86. The summed E-state index contributed by atoms with van der Waals surface area (Å²) in [5.74, 6) is -1.09. The summed E-state index contributed by atoms with van der Waals surface area (Å²) in [4.78, 5) is 10.8. The molecular weight excluding hydrogens is 206 g/mol. The van der Waals surface area contributed by atoms with Crippen LogP contribution < -0.4 is 0 Å². The van der Waals surface area contributed by atoms with E-state index in [1.54, 1.807) is 0 Å². The van der Waals surface area contributed by atoms with Gasteiger partial charge >= 0.3 is 5.97 Å². The van der Waals surface area contributed by atoms with Crippen molar-refractivity contribution in [2.75, 3.05) is 6.54 Å². The number of nitrogens with zero attached hydrogens (tertiary/aromatic N) is 1. The Hall–Kier alpha value is -0.880. The third kappa shape index (κ3) is 2.13. The van der Waals surface area contributed by atoms with Crippen molar-refractivity contribution >= 4 is 16.0 Å². The predicted octanol–water partition coefficient (Wildman–Crippen LogP) is 0.399. The molecule has 0 spiro atoms. The van der Waals surface area contributed by atoms with E-state index >= 15 is 0 Å². The lowest BCUT2D eigenvalue weighted by Gasteiger charge is -2.30. The van der Waals surface area contributed by atoms with E-state index in [9.17, 15) is 13.2 Å². The molecule has 0 aromatic heterocycles. The standard InChI is InChI=1S/C8H13NO4S/c1-2-14(12,13)9-6-4-3-5-7(9)8(10)11/h2,7H,1,3-6H2,(H,10,11). The number of carbonyl (C=O) groups is 1. The van der Waals surface area contributed by atoms with Gasteiger partial charge in [-0.15, -0.1) is 0 Å². The smallest absolute Gasteiger partial charge is 0.322 e. The van der Waals surface area contributed by atoms with E-state index in [0.29, 0.717) is 12.8 Å². The van der Waals surface area contributed by atoms with Gasteiger partial charge in [0.1, 0.15) is 6.04 Å². The monoisotopic (exact) mass is 219 g/mol. The summed E-state index contributed by atoms with van der Waals surface area (Å²) in [5, 5.41) is 9.63. The molecule has 0 aliphatic carbocycles. The van der Waals surface area contributed by atoms with Gasteiger partial charge in [0.15, 0.2) is 0 Å². The Balaban J connectivity index is 2.94. The highest BCUT2D eigenvalue weighted by Crippen LogP contribution is 2.21. The molecule has 1 fully saturated rings. The molecule has 0 radical (unpaired) electrons. The summed E-state index contributed by atoms with van der Waals surface area (Å²) in [6, 6.07) is -0.924. The number of sulfonamides is 1. The molecule has 6 heteroatoms. The Labute approximate surface area is 83.1 Å². The van der Waals surface area contributed by atoms with E-state index in [1.165, 1.54) is 0 Å². The minimum atomic E-state index is -3.60. The maximum atomic E-state index is 11.4. The molecule has 1 atom stereocenters. The molecule has 0 saturated carbocycles. The van der Waals surface area contributed by atoms with Crippen molar-refractivity contribution in [3.8, 4) is 0 Å². The summed E-state index contributed by atoms with van der Waals surface area (Å²) in [6.07, 6.45) is 1.83. The first-order chi connectivity index (χ1) is 6.49. The fourth-order valence-corrected chi connectivity index (χ4v) is 2.68. The summed E-state index contributed by atoms with van der Waals surface area (Å²) in [5.41, 5.74) is 0. The maximum absolute atomic E-state index is 11.4. The van der Waals surface area contributed by atoms with Gasteiger partial charge in [-0.3, -0.25) is 4.79 Å². The van der Waals surface area contributed by atoms with Gasteiger partial charge in [0.05, 0.1) is 0 Å². The summed E-state index contributed by atoms with van der Waals surface area (Å²) < 4.78 is 23.8. The highest BCUT2D eigenvalue weighted by molar-refractivity contribution is 7.92. The number of aliphatic carboxylic acids is 1. The van der Waals surface area contributed by atoms with Crippen LogP contribution in [0, 0.1) is 0 Å². The minimum Gasteiger partial charge on any atom is -0.480 e.